The minimum atomic E-state index is -0.290. The Kier molecular flexibility index (Phi) is 4.41. The van der Waals surface area contributed by atoms with Crippen LogP contribution in [0.2, 0.25) is 0 Å². The van der Waals surface area contributed by atoms with Gasteiger partial charge in [0.25, 0.3) is 0 Å². The van der Waals surface area contributed by atoms with E-state index < -0.39 is 0 Å². The standard InChI is InChI=1S/C15H22BrNO2/c1-10-9-11(16)13(18-2)14(19-3)12(10)15(17)7-5-4-6-8-15/h9H,4-8,17H2,1-3H3. The Labute approximate surface area is 123 Å². The summed E-state index contributed by atoms with van der Waals surface area (Å²) in [6, 6.07) is 2.07. The molecule has 106 valence electrons. The number of ether oxygens (including phenoxy) is 2. The number of rotatable bonds is 3. The van der Waals surface area contributed by atoms with E-state index in [9.17, 15) is 0 Å². The molecule has 3 nitrogen and oxygen atoms in total. The van der Waals surface area contributed by atoms with Gasteiger partial charge >= 0.3 is 0 Å². The third kappa shape index (κ3) is 2.61. The van der Waals surface area contributed by atoms with Crippen LogP contribution < -0.4 is 15.2 Å². The van der Waals surface area contributed by atoms with Gasteiger partial charge in [0.05, 0.1) is 18.7 Å². The van der Waals surface area contributed by atoms with Gasteiger partial charge in [0.1, 0.15) is 0 Å². The number of hydrogen-bond donors (Lipinski definition) is 1. The van der Waals surface area contributed by atoms with Gasteiger partial charge in [-0.25, -0.2) is 0 Å². The summed E-state index contributed by atoms with van der Waals surface area (Å²) >= 11 is 3.53. The largest absolute Gasteiger partial charge is 0.492 e. The molecule has 2 N–H and O–H groups in total. The second-order valence-electron chi connectivity index (χ2n) is 5.33. The van der Waals surface area contributed by atoms with E-state index in [4.69, 9.17) is 15.2 Å². The molecule has 19 heavy (non-hydrogen) atoms. The van der Waals surface area contributed by atoms with Crippen molar-refractivity contribution in [3.8, 4) is 11.5 Å². The normalized spacial score (nSPS) is 18.2. The third-order valence-corrected chi connectivity index (χ3v) is 4.63. The zero-order valence-corrected chi connectivity index (χ0v) is 13.5. The van der Waals surface area contributed by atoms with E-state index in [1.54, 1.807) is 14.2 Å². The lowest BCUT2D eigenvalue weighted by molar-refractivity contribution is 0.280. The number of aryl methyl sites for hydroxylation is 1. The highest BCUT2D eigenvalue weighted by atomic mass is 79.9. The Morgan fingerprint density at radius 1 is 1.11 bits per heavy atom. The first-order valence-electron chi connectivity index (χ1n) is 6.74. The molecule has 0 radical (unpaired) electrons. The molecular weight excluding hydrogens is 306 g/mol. The highest BCUT2D eigenvalue weighted by Crippen LogP contribution is 2.47. The summed E-state index contributed by atoms with van der Waals surface area (Å²) in [5.74, 6) is 1.51. The Balaban J connectivity index is 2.61. The molecule has 0 saturated heterocycles. The molecule has 0 aromatic heterocycles. The predicted molar refractivity (Wildman–Crippen MR) is 80.9 cm³/mol. The summed E-state index contributed by atoms with van der Waals surface area (Å²) in [4.78, 5) is 0. The zero-order valence-electron chi connectivity index (χ0n) is 11.9. The molecule has 0 spiro atoms. The van der Waals surface area contributed by atoms with Crippen molar-refractivity contribution in [2.24, 2.45) is 5.73 Å². The highest BCUT2D eigenvalue weighted by molar-refractivity contribution is 9.10. The van der Waals surface area contributed by atoms with Gasteiger partial charge in [0.2, 0.25) is 0 Å². The molecule has 0 unspecified atom stereocenters. The average molecular weight is 328 g/mol. The highest BCUT2D eigenvalue weighted by Gasteiger charge is 2.35. The minimum absolute atomic E-state index is 0.290. The Morgan fingerprint density at radius 2 is 1.68 bits per heavy atom. The van der Waals surface area contributed by atoms with Crippen LogP contribution in [-0.4, -0.2) is 14.2 Å². The number of benzene rings is 1. The maximum absolute atomic E-state index is 6.68. The van der Waals surface area contributed by atoms with E-state index in [0.29, 0.717) is 0 Å². The van der Waals surface area contributed by atoms with E-state index in [0.717, 1.165) is 39.9 Å². The summed E-state index contributed by atoms with van der Waals surface area (Å²) in [6.45, 7) is 2.09. The van der Waals surface area contributed by atoms with Crippen molar-refractivity contribution in [3.05, 3.63) is 21.7 Å². The molecule has 1 aliphatic carbocycles. The van der Waals surface area contributed by atoms with Gasteiger partial charge in [-0.3, -0.25) is 0 Å². The van der Waals surface area contributed by atoms with Crippen molar-refractivity contribution >= 4 is 15.9 Å². The number of methoxy groups -OCH3 is 2. The Hall–Kier alpha value is -0.740. The van der Waals surface area contributed by atoms with E-state index in [2.05, 4.69) is 28.9 Å². The fourth-order valence-corrected chi connectivity index (χ4v) is 3.85. The predicted octanol–water partition coefficient (Wildman–Crippen LogP) is 3.89. The topological polar surface area (TPSA) is 44.5 Å². The molecule has 1 aliphatic rings. The van der Waals surface area contributed by atoms with Gasteiger partial charge in [-0.05, 0) is 47.3 Å². The van der Waals surface area contributed by atoms with Gasteiger partial charge in [-0.1, -0.05) is 19.3 Å². The number of hydrogen-bond acceptors (Lipinski definition) is 3. The summed E-state index contributed by atoms with van der Waals surface area (Å²) in [6.07, 6.45) is 5.65. The number of nitrogens with two attached hydrogens (primary N) is 1. The van der Waals surface area contributed by atoms with Crippen LogP contribution in [0.4, 0.5) is 0 Å². The first-order chi connectivity index (χ1) is 9.03. The van der Waals surface area contributed by atoms with Crippen LogP contribution in [0, 0.1) is 6.92 Å². The van der Waals surface area contributed by atoms with Gasteiger partial charge in [0, 0.05) is 11.1 Å². The van der Waals surface area contributed by atoms with Crippen molar-refractivity contribution < 1.29 is 9.47 Å². The van der Waals surface area contributed by atoms with Crippen LogP contribution in [0.25, 0.3) is 0 Å². The molecule has 0 atom stereocenters. The second-order valence-corrected chi connectivity index (χ2v) is 6.19. The molecule has 1 aromatic rings. The van der Waals surface area contributed by atoms with Gasteiger partial charge in [0.15, 0.2) is 11.5 Å². The lowest BCUT2D eigenvalue weighted by atomic mass is 9.75. The quantitative estimate of drug-likeness (QED) is 0.915. The molecule has 0 bridgehead atoms. The second kappa shape index (κ2) is 5.71. The lowest BCUT2D eigenvalue weighted by Gasteiger charge is -2.36. The van der Waals surface area contributed by atoms with Crippen molar-refractivity contribution in [1.29, 1.82) is 0 Å². The van der Waals surface area contributed by atoms with Crippen LogP contribution in [0.1, 0.15) is 43.2 Å². The summed E-state index contributed by atoms with van der Waals surface area (Å²) in [7, 11) is 3.34. The summed E-state index contributed by atoms with van der Waals surface area (Å²) < 4.78 is 12.0. The molecule has 4 heteroatoms. The maximum atomic E-state index is 6.68. The van der Waals surface area contributed by atoms with E-state index in [-0.39, 0.29) is 5.54 Å². The number of halogens is 1. The first kappa shape index (κ1) is 14.7. The van der Waals surface area contributed by atoms with Gasteiger partial charge < -0.3 is 15.2 Å². The SMILES string of the molecule is COc1c(Br)cc(C)c(C2(N)CCCCC2)c1OC. The van der Waals surface area contributed by atoms with Crippen molar-refractivity contribution in [2.75, 3.05) is 14.2 Å². The lowest BCUT2D eigenvalue weighted by Crippen LogP contribution is -2.39. The molecule has 0 amide bonds. The van der Waals surface area contributed by atoms with Gasteiger partial charge in [-0.2, -0.15) is 0 Å². The van der Waals surface area contributed by atoms with Crippen molar-refractivity contribution in [1.82, 2.24) is 0 Å². The molecule has 0 heterocycles. The van der Waals surface area contributed by atoms with Gasteiger partial charge in [-0.15, -0.1) is 0 Å². The molecule has 2 rings (SSSR count). The van der Waals surface area contributed by atoms with Crippen LogP contribution >= 0.6 is 15.9 Å². The van der Waals surface area contributed by atoms with Crippen LogP contribution in [-0.2, 0) is 5.54 Å². The molecule has 0 aliphatic heterocycles. The molecule has 1 saturated carbocycles. The molecular formula is C15H22BrNO2. The minimum Gasteiger partial charge on any atom is -0.492 e. The fraction of sp³-hybridized carbons (Fsp3) is 0.600. The third-order valence-electron chi connectivity index (χ3n) is 4.04. The molecule has 1 aromatic carbocycles. The van der Waals surface area contributed by atoms with E-state index >= 15 is 0 Å². The van der Waals surface area contributed by atoms with Crippen LogP contribution in [0.15, 0.2) is 10.5 Å². The van der Waals surface area contributed by atoms with Crippen LogP contribution in [0.3, 0.4) is 0 Å². The fourth-order valence-electron chi connectivity index (χ4n) is 3.17. The Bertz CT molecular complexity index is 468. The summed E-state index contributed by atoms with van der Waals surface area (Å²) in [5.41, 5.74) is 8.66. The Morgan fingerprint density at radius 3 is 2.21 bits per heavy atom. The average Bonchev–Trinajstić information content (AvgIpc) is 2.38. The van der Waals surface area contributed by atoms with Crippen molar-refractivity contribution in [2.45, 2.75) is 44.6 Å². The smallest absolute Gasteiger partial charge is 0.175 e. The van der Waals surface area contributed by atoms with Crippen molar-refractivity contribution in [3.63, 3.8) is 0 Å². The van der Waals surface area contributed by atoms with Crippen LogP contribution in [0.5, 0.6) is 11.5 Å². The maximum Gasteiger partial charge on any atom is 0.175 e. The monoisotopic (exact) mass is 327 g/mol. The van der Waals surface area contributed by atoms with E-state index in [1.165, 1.54) is 19.3 Å². The zero-order chi connectivity index (χ0) is 14.0. The van der Waals surface area contributed by atoms with E-state index in [1.807, 2.05) is 0 Å². The summed E-state index contributed by atoms with van der Waals surface area (Å²) in [5, 5.41) is 0. The first-order valence-corrected chi connectivity index (χ1v) is 7.53. The molecule has 1 fully saturated rings.